The Hall–Kier alpha value is -1.43. The molecule has 2 N–H and O–H groups in total. The molecule has 142 valence electrons. The zero-order valence-corrected chi connectivity index (χ0v) is 15.8. The Bertz CT molecular complexity index is 494. The van der Waals surface area contributed by atoms with E-state index < -0.39 is 11.6 Å². The Labute approximate surface area is 151 Å². The number of nitrogens with zero attached hydrogens (tertiary/aromatic N) is 1. The van der Waals surface area contributed by atoms with E-state index in [4.69, 9.17) is 9.84 Å². The zero-order chi connectivity index (χ0) is 18.7. The number of ether oxygens (including phenoxy) is 1. The Morgan fingerprint density at radius 3 is 2.48 bits per heavy atom. The molecular formula is C20H33NO4. The fourth-order valence-corrected chi connectivity index (χ4v) is 3.10. The molecule has 1 aliphatic heterocycles. The molecule has 0 radical (unpaired) electrons. The van der Waals surface area contributed by atoms with Gasteiger partial charge in [-0.3, -0.25) is 9.69 Å². The summed E-state index contributed by atoms with van der Waals surface area (Å²) in [6.45, 7) is 9.44. The van der Waals surface area contributed by atoms with Gasteiger partial charge in [0.25, 0.3) is 0 Å². The van der Waals surface area contributed by atoms with Crippen LogP contribution in [0.5, 0.6) is 0 Å². The van der Waals surface area contributed by atoms with Crippen molar-refractivity contribution in [3.8, 4) is 0 Å². The van der Waals surface area contributed by atoms with Crippen molar-refractivity contribution in [1.82, 2.24) is 4.90 Å². The molecule has 1 heterocycles. The van der Waals surface area contributed by atoms with Crippen molar-refractivity contribution < 1.29 is 19.7 Å². The van der Waals surface area contributed by atoms with Crippen LogP contribution in [0.3, 0.4) is 0 Å². The van der Waals surface area contributed by atoms with Gasteiger partial charge in [0.1, 0.15) is 5.60 Å². The van der Waals surface area contributed by atoms with E-state index in [0.29, 0.717) is 0 Å². The molecule has 1 aromatic rings. The highest BCUT2D eigenvalue weighted by Gasteiger charge is 2.43. The highest BCUT2D eigenvalue weighted by atomic mass is 16.5. The Morgan fingerprint density at radius 2 is 1.92 bits per heavy atom. The summed E-state index contributed by atoms with van der Waals surface area (Å²) < 4.78 is 5.37. The minimum absolute atomic E-state index is 0.178. The first kappa shape index (κ1) is 21.6. The third-order valence-electron chi connectivity index (χ3n) is 4.78. The first-order chi connectivity index (χ1) is 12.0. The molecule has 0 bridgehead atoms. The highest BCUT2D eigenvalue weighted by molar-refractivity contribution is 5.66. The van der Waals surface area contributed by atoms with Gasteiger partial charge in [0.15, 0.2) is 0 Å². The topological polar surface area (TPSA) is 70.0 Å². The van der Waals surface area contributed by atoms with Crippen LogP contribution in [0.1, 0.15) is 52.0 Å². The summed E-state index contributed by atoms with van der Waals surface area (Å²) in [6, 6.07) is 10.3. The number of carbonyl (C=O) groups is 1. The molecule has 0 spiro atoms. The second-order valence-electron chi connectivity index (χ2n) is 6.40. The van der Waals surface area contributed by atoms with Crippen LogP contribution < -0.4 is 0 Å². The number of unbranched alkanes of at least 4 members (excludes halogenated alkanes) is 1. The molecule has 5 nitrogen and oxygen atoms in total. The molecule has 2 rings (SSSR count). The Balaban J connectivity index is 0.000000550. The summed E-state index contributed by atoms with van der Waals surface area (Å²) in [6.07, 6.45) is 3.28. The lowest BCUT2D eigenvalue weighted by Gasteiger charge is -2.32. The first-order valence-corrected chi connectivity index (χ1v) is 9.27. The van der Waals surface area contributed by atoms with E-state index in [0.717, 1.165) is 51.1 Å². The molecule has 2 atom stereocenters. The van der Waals surface area contributed by atoms with Gasteiger partial charge in [-0.05, 0) is 45.2 Å². The molecule has 0 aliphatic carbocycles. The van der Waals surface area contributed by atoms with Crippen LogP contribution in [0.2, 0.25) is 0 Å². The maximum atomic E-state index is 11.0. The molecular weight excluding hydrogens is 318 g/mol. The van der Waals surface area contributed by atoms with Crippen LogP contribution in [0, 0.1) is 0 Å². The second kappa shape index (κ2) is 11.2. The molecule has 1 saturated heterocycles. The number of likely N-dealkylation sites (tertiary alicyclic amines) is 1. The van der Waals surface area contributed by atoms with Crippen molar-refractivity contribution in [3.05, 3.63) is 35.9 Å². The first-order valence-electron chi connectivity index (χ1n) is 9.27. The van der Waals surface area contributed by atoms with Crippen molar-refractivity contribution in [2.24, 2.45) is 0 Å². The average molecular weight is 351 g/mol. The van der Waals surface area contributed by atoms with Gasteiger partial charge in [0.05, 0.1) is 0 Å². The van der Waals surface area contributed by atoms with E-state index in [9.17, 15) is 9.90 Å². The summed E-state index contributed by atoms with van der Waals surface area (Å²) in [7, 11) is 0. The predicted octanol–water partition coefficient (Wildman–Crippen LogP) is 3.27. The van der Waals surface area contributed by atoms with E-state index in [-0.39, 0.29) is 12.5 Å². The van der Waals surface area contributed by atoms with Crippen molar-refractivity contribution in [3.63, 3.8) is 0 Å². The van der Waals surface area contributed by atoms with Gasteiger partial charge in [0.2, 0.25) is 0 Å². The summed E-state index contributed by atoms with van der Waals surface area (Å²) in [5.74, 6) is -0.745. The fourth-order valence-electron chi connectivity index (χ4n) is 3.10. The number of aliphatic hydroxyl groups is 1. The van der Waals surface area contributed by atoms with Crippen molar-refractivity contribution in [2.75, 3.05) is 26.3 Å². The number of carboxylic acid groups (broad SMARTS) is 1. The van der Waals surface area contributed by atoms with Crippen molar-refractivity contribution in [1.29, 1.82) is 0 Å². The Morgan fingerprint density at radius 1 is 1.28 bits per heavy atom. The highest BCUT2D eigenvalue weighted by Crippen LogP contribution is 2.37. The third kappa shape index (κ3) is 6.77. The minimum atomic E-state index is -0.745. The van der Waals surface area contributed by atoms with Gasteiger partial charge in [-0.1, -0.05) is 37.3 Å². The van der Waals surface area contributed by atoms with Gasteiger partial charge in [-0.15, -0.1) is 0 Å². The lowest BCUT2D eigenvalue weighted by atomic mass is 9.87. The molecule has 25 heavy (non-hydrogen) atoms. The summed E-state index contributed by atoms with van der Waals surface area (Å²) >= 11 is 0. The SMILES string of the molecule is CCC(=O)O.CCOCCCCN1CCC(O)(c2ccccc2)C1C. The zero-order valence-electron chi connectivity index (χ0n) is 15.8. The average Bonchev–Trinajstić information content (AvgIpc) is 2.92. The molecule has 1 aromatic carbocycles. The van der Waals surface area contributed by atoms with Gasteiger partial charge >= 0.3 is 5.97 Å². The van der Waals surface area contributed by atoms with Crippen LogP contribution in [-0.2, 0) is 15.1 Å². The van der Waals surface area contributed by atoms with Crippen LogP contribution in [0.4, 0.5) is 0 Å². The monoisotopic (exact) mass is 351 g/mol. The van der Waals surface area contributed by atoms with Gasteiger partial charge in [-0.2, -0.15) is 0 Å². The molecule has 0 amide bonds. The molecule has 0 aromatic heterocycles. The van der Waals surface area contributed by atoms with E-state index in [2.05, 4.69) is 11.8 Å². The van der Waals surface area contributed by atoms with Gasteiger partial charge in [-0.25, -0.2) is 0 Å². The lowest BCUT2D eigenvalue weighted by Crippen LogP contribution is -2.40. The number of aliphatic carboxylic acids is 1. The molecule has 2 unspecified atom stereocenters. The normalized spacial score (nSPS) is 23.1. The summed E-state index contributed by atoms with van der Waals surface area (Å²) in [5, 5.41) is 18.7. The summed E-state index contributed by atoms with van der Waals surface area (Å²) in [4.78, 5) is 11.8. The fraction of sp³-hybridized carbons (Fsp3) is 0.650. The largest absolute Gasteiger partial charge is 0.481 e. The van der Waals surface area contributed by atoms with Crippen LogP contribution in [0.15, 0.2) is 30.3 Å². The number of hydrogen-bond acceptors (Lipinski definition) is 4. The Kier molecular flexibility index (Phi) is 9.71. The van der Waals surface area contributed by atoms with Gasteiger partial charge < -0.3 is 14.9 Å². The van der Waals surface area contributed by atoms with Crippen LogP contribution >= 0.6 is 0 Å². The number of rotatable bonds is 8. The molecule has 0 saturated carbocycles. The smallest absolute Gasteiger partial charge is 0.303 e. The predicted molar refractivity (Wildman–Crippen MR) is 99.6 cm³/mol. The number of carboxylic acids is 1. The van der Waals surface area contributed by atoms with Crippen molar-refractivity contribution in [2.45, 2.75) is 58.1 Å². The second-order valence-corrected chi connectivity index (χ2v) is 6.40. The van der Waals surface area contributed by atoms with E-state index in [1.54, 1.807) is 6.92 Å². The molecule has 1 fully saturated rings. The molecule has 5 heteroatoms. The molecule has 1 aliphatic rings. The maximum Gasteiger partial charge on any atom is 0.303 e. The van der Waals surface area contributed by atoms with E-state index in [1.807, 2.05) is 37.3 Å². The lowest BCUT2D eigenvalue weighted by molar-refractivity contribution is -0.136. The van der Waals surface area contributed by atoms with E-state index in [1.165, 1.54) is 0 Å². The quantitative estimate of drug-likeness (QED) is 0.704. The number of benzene rings is 1. The number of hydrogen-bond donors (Lipinski definition) is 2. The van der Waals surface area contributed by atoms with Crippen molar-refractivity contribution >= 4 is 5.97 Å². The maximum absolute atomic E-state index is 11.0. The van der Waals surface area contributed by atoms with Crippen LogP contribution in [0.25, 0.3) is 0 Å². The van der Waals surface area contributed by atoms with Gasteiger partial charge in [0, 0.05) is 32.2 Å². The van der Waals surface area contributed by atoms with E-state index >= 15 is 0 Å². The standard InChI is InChI=1S/C17H27NO2.C3H6O2/c1-3-20-14-8-7-12-18-13-11-17(19,15(18)2)16-9-5-4-6-10-16;1-2-3(4)5/h4-6,9-10,15,19H,3,7-8,11-14H2,1-2H3;2H2,1H3,(H,4,5). The third-order valence-corrected chi connectivity index (χ3v) is 4.78. The minimum Gasteiger partial charge on any atom is -0.481 e. The van der Waals surface area contributed by atoms with Crippen LogP contribution in [-0.4, -0.2) is 53.4 Å². The summed E-state index contributed by atoms with van der Waals surface area (Å²) in [5.41, 5.74) is 0.352.